The molecule has 0 unspecified atom stereocenters. The van der Waals surface area contributed by atoms with Gasteiger partial charge in [-0.1, -0.05) is 47.5 Å². The third-order valence-electron chi connectivity index (χ3n) is 2.24. The topological polar surface area (TPSA) is 12.0 Å². The Morgan fingerprint density at radius 1 is 1.21 bits per heavy atom. The van der Waals surface area contributed by atoms with Gasteiger partial charge in [0.1, 0.15) is 0 Å². The van der Waals surface area contributed by atoms with Gasteiger partial charge in [0.15, 0.2) is 0 Å². The van der Waals surface area contributed by atoms with E-state index >= 15 is 0 Å². The van der Waals surface area contributed by atoms with Gasteiger partial charge in [0, 0.05) is 4.47 Å². The highest BCUT2D eigenvalue weighted by molar-refractivity contribution is 9.10. The summed E-state index contributed by atoms with van der Waals surface area (Å²) in [7, 11) is 0. The summed E-state index contributed by atoms with van der Waals surface area (Å²) in [5.74, 6) is 0. The van der Waals surface area contributed by atoms with Crippen LogP contribution >= 0.6 is 15.9 Å². The Balaban J connectivity index is 2.21. The number of nitrogens with one attached hydrogen (secondary N) is 1. The average Bonchev–Trinajstić information content (AvgIpc) is 2.20. The van der Waals surface area contributed by atoms with Crippen LogP contribution in [0, 0.1) is 0 Å². The van der Waals surface area contributed by atoms with E-state index in [2.05, 4.69) is 52.4 Å². The second-order valence-electron chi connectivity index (χ2n) is 3.44. The number of unbranched alkanes of at least 4 members (excludes halogenated alkanes) is 1. The van der Waals surface area contributed by atoms with Crippen LogP contribution in [-0.4, -0.2) is 13.1 Å². The van der Waals surface area contributed by atoms with Crippen LogP contribution in [0.1, 0.15) is 25.3 Å². The lowest BCUT2D eigenvalue weighted by Gasteiger charge is -2.05. The maximum Gasteiger partial charge on any atom is 0.0207 e. The van der Waals surface area contributed by atoms with Crippen molar-refractivity contribution in [3.63, 3.8) is 0 Å². The largest absolute Gasteiger partial charge is 0.316 e. The van der Waals surface area contributed by atoms with Crippen LogP contribution in [0.25, 0.3) is 0 Å². The molecule has 1 rings (SSSR count). The Morgan fingerprint density at radius 3 is 2.71 bits per heavy atom. The van der Waals surface area contributed by atoms with E-state index in [-0.39, 0.29) is 0 Å². The molecule has 0 amide bonds. The molecule has 0 saturated carbocycles. The summed E-state index contributed by atoms with van der Waals surface area (Å²) < 4.78 is 1.22. The van der Waals surface area contributed by atoms with Crippen molar-refractivity contribution in [3.8, 4) is 0 Å². The van der Waals surface area contributed by atoms with Crippen molar-refractivity contribution in [2.75, 3.05) is 13.1 Å². The third kappa shape index (κ3) is 4.25. The number of benzene rings is 1. The number of rotatable bonds is 6. The molecular formula is C12H18BrN. The standard InChI is InChI=1S/C12H18BrN/c1-2-3-9-14-10-8-11-6-4-5-7-12(11)13/h4-7,14H,2-3,8-10H2,1H3. The lowest BCUT2D eigenvalue weighted by atomic mass is 10.1. The van der Waals surface area contributed by atoms with Crippen molar-refractivity contribution in [1.82, 2.24) is 5.32 Å². The lowest BCUT2D eigenvalue weighted by Crippen LogP contribution is -2.18. The fourth-order valence-corrected chi connectivity index (χ4v) is 1.83. The van der Waals surface area contributed by atoms with Crippen LogP contribution < -0.4 is 5.32 Å². The van der Waals surface area contributed by atoms with Crippen molar-refractivity contribution < 1.29 is 0 Å². The quantitative estimate of drug-likeness (QED) is 0.769. The first-order valence-corrected chi connectivity index (χ1v) is 6.08. The van der Waals surface area contributed by atoms with Gasteiger partial charge in [-0.15, -0.1) is 0 Å². The summed E-state index contributed by atoms with van der Waals surface area (Å²) in [5, 5.41) is 3.44. The van der Waals surface area contributed by atoms with E-state index < -0.39 is 0 Å². The predicted octanol–water partition coefficient (Wildman–Crippen LogP) is 3.38. The van der Waals surface area contributed by atoms with Crippen LogP contribution in [0.15, 0.2) is 28.7 Å². The molecule has 0 aromatic heterocycles. The molecule has 1 aromatic rings. The van der Waals surface area contributed by atoms with Crippen molar-refractivity contribution in [2.24, 2.45) is 0 Å². The minimum Gasteiger partial charge on any atom is -0.316 e. The summed E-state index contributed by atoms with van der Waals surface area (Å²) in [5.41, 5.74) is 1.39. The zero-order valence-electron chi connectivity index (χ0n) is 8.72. The molecule has 2 heteroatoms. The normalized spacial score (nSPS) is 10.4. The highest BCUT2D eigenvalue weighted by Gasteiger charge is 1.96. The summed E-state index contributed by atoms with van der Waals surface area (Å²) >= 11 is 3.55. The minimum atomic E-state index is 1.07. The summed E-state index contributed by atoms with van der Waals surface area (Å²) in [6.07, 6.45) is 3.64. The van der Waals surface area contributed by atoms with Crippen LogP contribution in [-0.2, 0) is 6.42 Å². The van der Waals surface area contributed by atoms with Crippen molar-refractivity contribution in [2.45, 2.75) is 26.2 Å². The highest BCUT2D eigenvalue weighted by Crippen LogP contribution is 2.15. The molecule has 1 N–H and O–H groups in total. The SMILES string of the molecule is CCCCNCCc1ccccc1Br. The lowest BCUT2D eigenvalue weighted by molar-refractivity contribution is 0.639. The molecule has 0 fully saturated rings. The Labute approximate surface area is 95.0 Å². The van der Waals surface area contributed by atoms with Crippen LogP contribution in [0.5, 0.6) is 0 Å². The van der Waals surface area contributed by atoms with Crippen molar-refractivity contribution in [3.05, 3.63) is 34.3 Å². The smallest absolute Gasteiger partial charge is 0.0207 e. The first kappa shape index (κ1) is 11.7. The molecule has 78 valence electrons. The molecule has 0 aliphatic carbocycles. The van der Waals surface area contributed by atoms with Crippen molar-refractivity contribution >= 4 is 15.9 Å². The zero-order chi connectivity index (χ0) is 10.2. The van der Waals surface area contributed by atoms with Gasteiger partial charge in [0.2, 0.25) is 0 Å². The molecule has 0 bridgehead atoms. The van der Waals surface area contributed by atoms with E-state index in [1.54, 1.807) is 0 Å². The van der Waals surface area contributed by atoms with Crippen LogP contribution in [0.4, 0.5) is 0 Å². The molecular weight excluding hydrogens is 238 g/mol. The summed E-state index contributed by atoms with van der Waals surface area (Å²) in [6, 6.07) is 8.41. The third-order valence-corrected chi connectivity index (χ3v) is 3.01. The second-order valence-corrected chi connectivity index (χ2v) is 4.30. The Kier molecular flexibility index (Phi) is 5.88. The van der Waals surface area contributed by atoms with Crippen molar-refractivity contribution in [1.29, 1.82) is 0 Å². The molecule has 0 aliphatic rings. The first-order valence-electron chi connectivity index (χ1n) is 5.28. The summed E-state index contributed by atoms with van der Waals surface area (Å²) in [4.78, 5) is 0. The Bertz CT molecular complexity index is 260. The number of hydrogen-bond acceptors (Lipinski definition) is 1. The highest BCUT2D eigenvalue weighted by atomic mass is 79.9. The maximum atomic E-state index is 3.55. The molecule has 0 saturated heterocycles. The van der Waals surface area contributed by atoms with Gasteiger partial charge in [-0.05, 0) is 37.6 Å². The Hall–Kier alpha value is -0.340. The monoisotopic (exact) mass is 255 g/mol. The summed E-state index contributed by atoms with van der Waals surface area (Å²) in [6.45, 7) is 4.43. The molecule has 0 atom stereocenters. The van der Waals surface area contributed by atoms with Gasteiger partial charge >= 0.3 is 0 Å². The van der Waals surface area contributed by atoms with E-state index in [0.717, 1.165) is 19.5 Å². The molecule has 14 heavy (non-hydrogen) atoms. The average molecular weight is 256 g/mol. The predicted molar refractivity (Wildman–Crippen MR) is 65.6 cm³/mol. The van der Waals surface area contributed by atoms with Gasteiger partial charge < -0.3 is 5.32 Å². The van der Waals surface area contributed by atoms with Gasteiger partial charge in [-0.25, -0.2) is 0 Å². The molecule has 1 aromatic carbocycles. The van der Waals surface area contributed by atoms with Gasteiger partial charge in [-0.2, -0.15) is 0 Å². The second kappa shape index (κ2) is 7.02. The fraction of sp³-hybridized carbons (Fsp3) is 0.500. The molecule has 0 radical (unpaired) electrons. The van der Waals surface area contributed by atoms with E-state index in [0.29, 0.717) is 0 Å². The molecule has 0 spiro atoms. The number of halogens is 1. The molecule has 1 nitrogen and oxygen atoms in total. The maximum absolute atomic E-state index is 3.55. The van der Waals surface area contributed by atoms with Gasteiger partial charge in [0.25, 0.3) is 0 Å². The number of hydrogen-bond donors (Lipinski definition) is 1. The van der Waals surface area contributed by atoms with Gasteiger partial charge in [0.05, 0.1) is 0 Å². The van der Waals surface area contributed by atoms with E-state index in [1.165, 1.54) is 22.9 Å². The zero-order valence-corrected chi connectivity index (χ0v) is 10.3. The van der Waals surface area contributed by atoms with E-state index in [9.17, 15) is 0 Å². The van der Waals surface area contributed by atoms with Gasteiger partial charge in [-0.3, -0.25) is 0 Å². The van der Waals surface area contributed by atoms with E-state index in [4.69, 9.17) is 0 Å². The first-order chi connectivity index (χ1) is 6.84. The van der Waals surface area contributed by atoms with Crippen LogP contribution in [0.2, 0.25) is 0 Å². The van der Waals surface area contributed by atoms with Crippen LogP contribution in [0.3, 0.4) is 0 Å². The molecule has 0 heterocycles. The Morgan fingerprint density at radius 2 is 2.00 bits per heavy atom. The fourth-order valence-electron chi connectivity index (χ4n) is 1.35. The molecule has 0 aliphatic heterocycles. The minimum absolute atomic E-state index is 1.07. The van der Waals surface area contributed by atoms with E-state index in [1.807, 2.05) is 0 Å².